The molecule has 2 aromatic rings. The minimum Gasteiger partial charge on any atom is -0.493 e. The lowest BCUT2D eigenvalue weighted by atomic mass is 10.1. The number of nitrogens with two attached hydrogens (primary N) is 1. The summed E-state index contributed by atoms with van der Waals surface area (Å²) < 4.78 is 10.5. The van der Waals surface area contributed by atoms with Gasteiger partial charge in [-0.25, -0.2) is 9.97 Å². The van der Waals surface area contributed by atoms with Crippen molar-refractivity contribution < 1.29 is 9.47 Å². The molecule has 2 rings (SSSR count). The average Bonchev–Trinajstić information content (AvgIpc) is 2.52. The summed E-state index contributed by atoms with van der Waals surface area (Å²) in [6, 6.07) is 7.49. The highest BCUT2D eigenvalue weighted by molar-refractivity contribution is 7.99. The van der Waals surface area contributed by atoms with E-state index in [9.17, 15) is 0 Å². The first-order chi connectivity index (χ1) is 9.74. The minimum absolute atomic E-state index is 0.102. The molecule has 1 atom stereocenters. The molecule has 0 aliphatic carbocycles. The molecule has 5 nitrogen and oxygen atoms in total. The van der Waals surface area contributed by atoms with Gasteiger partial charge < -0.3 is 15.2 Å². The summed E-state index contributed by atoms with van der Waals surface area (Å²) in [4.78, 5) is 8.04. The Morgan fingerprint density at radius 3 is 2.65 bits per heavy atom. The molecule has 0 amide bonds. The second kappa shape index (κ2) is 7.12. The highest BCUT2D eigenvalue weighted by Gasteiger charge is 2.11. The number of rotatable bonds is 6. The van der Waals surface area contributed by atoms with Gasteiger partial charge in [-0.1, -0.05) is 6.07 Å². The van der Waals surface area contributed by atoms with E-state index >= 15 is 0 Å². The van der Waals surface area contributed by atoms with Crippen molar-refractivity contribution in [3.05, 3.63) is 42.4 Å². The van der Waals surface area contributed by atoms with Crippen molar-refractivity contribution in [3.63, 3.8) is 0 Å². The fraction of sp³-hybridized carbons (Fsp3) is 0.286. The predicted octanol–water partition coefficient (Wildman–Crippen LogP) is 2.29. The number of ether oxygens (including phenoxy) is 2. The normalized spacial score (nSPS) is 11.9. The van der Waals surface area contributed by atoms with Crippen LogP contribution in [-0.4, -0.2) is 29.9 Å². The Balaban J connectivity index is 2.03. The number of methoxy groups -OCH3 is 2. The van der Waals surface area contributed by atoms with Gasteiger partial charge in [-0.15, -0.1) is 11.8 Å². The molecule has 1 aromatic heterocycles. The molecule has 106 valence electrons. The summed E-state index contributed by atoms with van der Waals surface area (Å²) >= 11 is 1.60. The zero-order valence-corrected chi connectivity index (χ0v) is 12.3. The lowest BCUT2D eigenvalue weighted by molar-refractivity contribution is 0.354. The van der Waals surface area contributed by atoms with Gasteiger partial charge in [0.15, 0.2) is 11.5 Å². The molecule has 0 aliphatic rings. The quantitative estimate of drug-likeness (QED) is 0.650. The first kappa shape index (κ1) is 14.6. The smallest absolute Gasteiger partial charge is 0.161 e. The molecule has 1 unspecified atom stereocenters. The molecule has 0 spiro atoms. The van der Waals surface area contributed by atoms with Crippen molar-refractivity contribution in [1.82, 2.24) is 9.97 Å². The molecule has 0 fully saturated rings. The Labute approximate surface area is 122 Å². The van der Waals surface area contributed by atoms with Gasteiger partial charge >= 0.3 is 0 Å². The predicted molar refractivity (Wildman–Crippen MR) is 79.2 cm³/mol. The van der Waals surface area contributed by atoms with Gasteiger partial charge in [0.2, 0.25) is 0 Å². The second-order valence-corrected chi connectivity index (χ2v) is 5.12. The summed E-state index contributed by atoms with van der Waals surface area (Å²) in [5.41, 5.74) is 7.20. The SMILES string of the molecule is COc1ccc(C(N)CSc2ccncn2)cc1OC. The Bertz CT molecular complexity index is 551. The third-order valence-corrected chi connectivity index (χ3v) is 3.86. The molecule has 1 heterocycles. The van der Waals surface area contributed by atoms with Crippen LogP contribution in [-0.2, 0) is 0 Å². The van der Waals surface area contributed by atoms with Crippen LogP contribution in [0.3, 0.4) is 0 Å². The van der Waals surface area contributed by atoms with Crippen LogP contribution in [0.1, 0.15) is 11.6 Å². The molecule has 6 heteroatoms. The fourth-order valence-corrected chi connectivity index (χ4v) is 2.54. The van der Waals surface area contributed by atoms with E-state index in [0.717, 1.165) is 16.3 Å². The largest absolute Gasteiger partial charge is 0.493 e. The van der Waals surface area contributed by atoms with Crippen LogP contribution in [0.2, 0.25) is 0 Å². The minimum atomic E-state index is -0.102. The highest BCUT2D eigenvalue weighted by Crippen LogP contribution is 2.30. The molecule has 0 saturated carbocycles. The molecule has 0 saturated heterocycles. The number of nitrogens with zero attached hydrogens (tertiary/aromatic N) is 2. The van der Waals surface area contributed by atoms with E-state index in [2.05, 4.69) is 9.97 Å². The van der Waals surface area contributed by atoms with Crippen LogP contribution in [0.5, 0.6) is 11.5 Å². The van der Waals surface area contributed by atoms with Crippen molar-refractivity contribution in [1.29, 1.82) is 0 Å². The van der Waals surface area contributed by atoms with Crippen molar-refractivity contribution in [2.24, 2.45) is 5.73 Å². The molecule has 1 aromatic carbocycles. The van der Waals surface area contributed by atoms with E-state index in [-0.39, 0.29) is 6.04 Å². The number of benzene rings is 1. The van der Waals surface area contributed by atoms with Gasteiger partial charge in [-0.2, -0.15) is 0 Å². The Morgan fingerprint density at radius 1 is 1.20 bits per heavy atom. The third-order valence-electron chi connectivity index (χ3n) is 2.80. The van der Waals surface area contributed by atoms with Crippen LogP contribution in [0.25, 0.3) is 0 Å². The van der Waals surface area contributed by atoms with Gasteiger partial charge in [0.05, 0.1) is 19.2 Å². The van der Waals surface area contributed by atoms with Crippen LogP contribution in [0.15, 0.2) is 41.8 Å². The molecular weight excluding hydrogens is 274 g/mol. The van der Waals surface area contributed by atoms with Gasteiger partial charge in [-0.05, 0) is 23.8 Å². The summed E-state index contributed by atoms with van der Waals surface area (Å²) in [7, 11) is 3.23. The lowest BCUT2D eigenvalue weighted by Crippen LogP contribution is -2.13. The lowest BCUT2D eigenvalue weighted by Gasteiger charge is -2.14. The standard InChI is InChI=1S/C14H17N3O2S/c1-18-12-4-3-10(7-13(12)19-2)11(15)8-20-14-5-6-16-9-17-14/h3-7,9,11H,8,15H2,1-2H3. The average molecular weight is 291 g/mol. The summed E-state index contributed by atoms with van der Waals surface area (Å²) in [6.45, 7) is 0. The monoisotopic (exact) mass is 291 g/mol. The van der Waals surface area contributed by atoms with Crippen molar-refractivity contribution in [2.45, 2.75) is 11.1 Å². The van der Waals surface area contributed by atoms with Crippen molar-refractivity contribution in [3.8, 4) is 11.5 Å². The second-order valence-electron chi connectivity index (χ2n) is 4.08. The maximum Gasteiger partial charge on any atom is 0.161 e. The van der Waals surface area contributed by atoms with Crippen molar-refractivity contribution >= 4 is 11.8 Å². The van der Waals surface area contributed by atoms with E-state index in [1.54, 1.807) is 32.2 Å². The Morgan fingerprint density at radius 2 is 2.00 bits per heavy atom. The van der Waals surface area contributed by atoms with E-state index < -0.39 is 0 Å². The zero-order chi connectivity index (χ0) is 14.4. The van der Waals surface area contributed by atoms with E-state index in [0.29, 0.717) is 11.5 Å². The molecule has 0 bridgehead atoms. The molecule has 0 radical (unpaired) electrons. The summed E-state index contributed by atoms with van der Waals surface area (Å²) in [6.07, 6.45) is 3.25. The van der Waals surface area contributed by atoms with Crippen molar-refractivity contribution in [2.75, 3.05) is 20.0 Å². The highest BCUT2D eigenvalue weighted by atomic mass is 32.2. The van der Waals surface area contributed by atoms with Crippen LogP contribution < -0.4 is 15.2 Å². The number of thioether (sulfide) groups is 1. The Hall–Kier alpha value is -1.79. The molecule has 0 aliphatic heterocycles. The van der Waals surface area contributed by atoms with Gasteiger partial charge in [0, 0.05) is 18.0 Å². The zero-order valence-electron chi connectivity index (χ0n) is 11.4. The van der Waals surface area contributed by atoms with Gasteiger partial charge in [0.25, 0.3) is 0 Å². The molecular formula is C14H17N3O2S. The van der Waals surface area contributed by atoms with Crippen LogP contribution in [0, 0.1) is 0 Å². The number of hydrogen-bond donors (Lipinski definition) is 1. The maximum absolute atomic E-state index is 6.20. The van der Waals surface area contributed by atoms with Gasteiger partial charge in [-0.3, -0.25) is 0 Å². The van der Waals surface area contributed by atoms with Gasteiger partial charge in [0.1, 0.15) is 6.33 Å². The third kappa shape index (κ3) is 3.61. The maximum atomic E-state index is 6.20. The van der Waals surface area contributed by atoms with E-state index in [4.69, 9.17) is 15.2 Å². The van der Waals surface area contributed by atoms with E-state index in [1.807, 2.05) is 24.3 Å². The molecule has 2 N–H and O–H groups in total. The topological polar surface area (TPSA) is 70.3 Å². The first-order valence-electron chi connectivity index (χ1n) is 6.11. The fourth-order valence-electron chi connectivity index (χ4n) is 1.72. The number of hydrogen-bond acceptors (Lipinski definition) is 6. The first-order valence-corrected chi connectivity index (χ1v) is 7.09. The molecule has 20 heavy (non-hydrogen) atoms. The summed E-state index contributed by atoms with van der Waals surface area (Å²) in [5.74, 6) is 2.12. The van der Waals surface area contributed by atoms with E-state index in [1.165, 1.54) is 6.33 Å². The summed E-state index contributed by atoms with van der Waals surface area (Å²) in [5, 5.41) is 0.913. The van der Waals surface area contributed by atoms with Crippen LogP contribution in [0.4, 0.5) is 0 Å². The Kier molecular flexibility index (Phi) is 5.20. The number of aromatic nitrogens is 2. The van der Waals surface area contributed by atoms with Crippen LogP contribution >= 0.6 is 11.8 Å².